The van der Waals surface area contributed by atoms with Crippen molar-refractivity contribution in [2.24, 2.45) is 0 Å². The first kappa shape index (κ1) is 13.8. The van der Waals surface area contributed by atoms with Crippen molar-refractivity contribution in [3.63, 3.8) is 0 Å². The summed E-state index contributed by atoms with van der Waals surface area (Å²) in [5.41, 5.74) is 9.90. The minimum atomic E-state index is -1.04. The number of hydrogen-bond donors (Lipinski definition) is 1. The van der Waals surface area contributed by atoms with Crippen molar-refractivity contribution >= 4 is 28.0 Å². The second kappa shape index (κ2) is 5.30. The highest BCUT2D eigenvalue weighted by Gasteiger charge is 2.15. The van der Waals surface area contributed by atoms with Crippen molar-refractivity contribution in [2.45, 2.75) is 18.2 Å². The third-order valence-corrected chi connectivity index (χ3v) is 4.15. The van der Waals surface area contributed by atoms with Crippen LogP contribution in [0.4, 0.5) is 5.69 Å². The van der Waals surface area contributed by atoms with E-state index in [0.29, 0.717) is 28.2 Å². The van der Waals surface area contributed by atoms with Crippen LogP contribution < -0.4 is 5.73 Å². The average Bonchev–Trinajstić information content (AvgIpc) is 2.92. The third-order valence-electron chi connectivity index (χ3n) is 3.25. The Kier molecular flexibility index (Phi) is 3.48. The van der Waals surface area contributed by atoms with E-state index in [1.807, 2.05) is 13.0 Å². The van der Waals surface area contributed by atoms with Crippen LogP contribution >= 0.6 is 0 Å². The minimum absolute atomic E-state index is 0.401. The molecule has 3 heterocycles. The zero-order valence-corrected chi connectivity index (χ0v) is 12.3. The number of aromatic nitrogens is 4. The van der Waals surface area contributed by atoms with Gasteiger partial charge in [0.1, 0.15) is 6.26 Å². The van der Waals surface area contributed by atoms with E-state index in [1.54, 1.807) is 18.5 Å². The van der Waals surface area contributed by atoms with Gasteiger partial charge in [-0.05, 0) is 40.5 Å². The summed E-state index contributed by atoms with van der Waals surface area (Å²) < 4.78 is 16.0. The third kappa shape index (κ3) is 2.55. The van der Waals surface area contributed by atoms with Gasteiger partial charge in [0, 0.05) is 23.4 Å². The van der Waals surface area contributed by atoms with Crippen molar-refractivity contribution in [2.75, 3.05) is 12.0 Å². The van der Waals surface area contributed by atoms with E-state index in [0.717, 1.165) is 17.0 Å². The van der Waals surface area contributed by atoms with Gasteiger partial charge in [0.25, 0.3) is 0 Å². The average molecular weight is 303 g/mol. The number of nitrogen functional groups attached to an aromatic ring is 1. The second-order valence-corrected chi connectivity index (χ2v) is 6.02. The molecule has 1 unspecified atom stereocenters. The van der Waals surface area contributed by atoms with Crippen molar-refractivity contribution in [3.8, 4) is 0 Å². The highest BCUT2D eigenvalue weighted by atomic mass is 32.2. The zero-order valence-electron chi connectivity index (χ0n) is 11.5. The van der Waals surface area contributed by atoms with E-state index in [1.165, 1.54) is 0 Å². The molecule has 1 atom stereocenters. The maximum atomic E-state index is 11.4. The van der Waals surface area contributed by atoms with Crippen LogP contribution in [-0.2, 0) is 17.6 Å². The van der Waals surface area contributed by atoms with E-state index in [-0.39, 0.29) is 0 Å². The van der Waals surface area contributed by atoms with Crippen molar-refractivity contribution in [1.82, 2.24) is 20.3 Å². The van der Waals surface area contributed by atoms with Crippen molar-refractivity contribution in [1.29, 1.82) is 0 Å². The first-order chi connectivity index (χ1) is 10.1. The predicted octanol–water partition coefficient (Wildman–Crippen LogP) is 1.23. The van der Waals surface area contributed by atoms with E-state index in [2.05, 4.69) is 24.9 Å². The summed E-state index contributed by atoms with van der Waals surface area (Å²) in [6.07, 6.45) is 3.75. The molecular formula is C13H13N5O2S. The van der Waals surface area contributed by atoms with E-state index in [4.69, 9.17) is 5.73 Å². The Hall–Kier alpha value is -2.19. The molecule has 3 aromatic rings. The van der Waals surface area contributed by atoms with Crippen LogP contribution in [0, 0.1) is 6.92 Å². The lowest BCUT2D eigenvalue weighted by Gasteiger charge is -2.09. The standard InChI is InChI=1S/C13H13N5O2S/c1-7-10(11(14)12-13(16-7)18-20-17-12)5-8-3-4-9(6-15-8)21(2)19/h3-4,6H,5,14H2,1-2H3. The van der Waals surface area contributed by atoms with Crippen LogP contribution in [0.2, 0.25) is 0 Å². The quantitative estimate of drug-likeness (QED) is 0.724. The maximum Gasteiger partial charge on any atom is 0.226 e. The summed E-state index contributed by atoms with van der Waals surface area (Å²) in [5.74, 6) is 0. The van der Waals surface area contributed by atoms with Crippen LogP contribution in [0.15, 0.2) is 27.9 Å². The van der Waals surface area contributed by atoms with E-state index < -0.39 is 11.2 Å². The molecule has 0 saturated carbocycles. The van der Waals surface area contributed by atoms with Gasteiger partial charge in [-0.2, -0.15) is 0 Å². The van der Waals surface area contributed by atoms with Gasteiger partial charge in [-0.3, -0.25) is 4.98 Å². The molecule has 108 valence electrons. The van der Waals surface area contributed by atoms with Gasteiger partial charge in [-0.25, -0.2) is 9.61 Å². The monoisotopic (exact) mass is 303 g/mol. The molecule has 0 aliphatic heterocycles. The predicted molar refractivity (Wildman–Crippen MR) is 78.1 cm³/mol. The summed E-state index contributed by atoms with van der Waals surface area (Å²) in [6, 6.07) is 3.63. The van der Waals surface area contributed by atoms with E-state index >= 15 is 0 Å². The number of anilines is 1. The minimum Gasteiger partial charge on any atom is -0.612 e. The lowest BCUT2D eigenvalue weighted by Crippen LogP contribution is -2.04. The molecule has 0 aliphatic carbocycles. The maximum absolute atomic E-state index is 11.4. The van der Waals surface area contributed by atoms with Gasteiger partial charge in [0.05, 0.1) is 11.9 Å². The summed E-state index contributed by atoms with van der Waals surface area (Å²) in [7, 11) is 0. The number of nitrogens with two attached hydrogens (primary N) is 1. The fourth-order valence-electron chi connectivity index (χ4n) is 2.08. The molecule has 0 aromatic carbocycles. The second-order valence-electron chi connectivity index (χ2n) is 4.64. The van der Waals surface area contributed by atoms with Crippen LogP contribution in [0.25, 0.3) is 11.2 Å². The molecule has 2 N–H and O–H groups in total. The topological polar surface area (TPSA) is 114 Å². The van der Waals surface area contributed by atoms with Crippen LogP contribution in [-0.4, -0.2) is 31.1 Å². The molecule has 0 amide bonds. The lowest BCUT2D eigenvalue weighted by molar-refractivity contribution is 0.315. The van der Waals surface area contributed by atoms with Gasteiger partial charge in [-0.15, -0.1) is 0 Å². The van der Waals surface area contributed by atoms with Gasteiger partial charge >= 0.3 is 0 Å². The number of nitrogens with zero attached hydrogens (tertiary/aromatic N) is 4. The molecule has 7 nitrogen and oxygen atoms in total. The zero-order chi connectivity index (χ0) is 15.0. The Labute approximate surface area is 123 Å². The number of pyridine rings is 2. The highest BCUT2D eigenvalue weighted by Crippen LogP contribution is 2.25. The summed E-state index contributed by atoms with van der Waals surface area (Å²) in [6.45, 7) is 1.86. The Morgan fingerprint density at radius 2 is 2.14 bits per heavy atom. The Morgan fingerprint density at radius 1 is 1.33 bits per heavy atom. The summed E-state index contributed by atoms with van der Waals surface area (Å²) in [5, 5.41) is 7.46. The number of rotatable bonds is 3. The molecule has 8 heteroatoms. The molecule has 3 rings (SSSR count). The fourth-order valence-corrected chi connectivity index (χ4v) is 2.54. The van der Waals surface area contributed by atoms with Crippen LogP contribution in [0.3, 0.4) is 0 Å². The Bertz CT molecular complexity index is 785. The van der Waals surface area contributed by atoms with Gasteiger partial charge in [0.2, 0.25) is 5.65 Å². The largest absolute Gasteiger partial charge is 0.612 e. The molecule has 0 radical (unpaired) electrons. The highest BCUT2D eigenvalue weighted by molar-refractivity contribution is 7.90. The van der Waals surface area contributed by atoms with Crippen LogP contribution in [0.1, 0.15) is 17.0 Å². The first-order valence-electron chi connectivity index (χ1n) is 6.22. The molecule has 0 fully saturated rings. The SMILES string of the molecule is Cc1nc2nonc2c(N)c1Cc1ccc([S+](C)[O-])cn1. The van der Waals surface area contributed by atoms with Gasteiger partial charge in [-0.1, -0.05) is 0 Å². The van der Waals surface area contributed by atoms with Crippen molar-refractivity contribution in [3.05, 3.63) is 35.3 Å². The Morgan fingerprint density at radius 3 is 2.81 bits per heavy atom. The smallest absolute Gasteiger partial charge is 0.226 e. The molecular weight excluding hydrogens is 290 g/mol. The Balaban J connectivity index is 1.97. The molecule has 3 aromatic heterocycles. The van der Waals surface area contributed by atoms with E-state index in [9.17, 15) is 4.55 Å². The number of aryl methyl sites for hydroxylation is 1. The number of hydrogen-bond acceptors (Lipinski definition) is 7. The summed E-state index contributed by atoms with van der Waals surface area (Å²) in [4.78, 5) is 9.32. The molecule has 21 heavy (non-hydrogen) atoms. The normalized spacial score (nSPS) is 12.7. The van der Waals surface area contributed by atoms with Gasteiger partial charge in [0.15, 0.2) is 10.4 Å². The number of fused-ring (bicyclic) bond motifs is 1. The van der Waals surface area contributed by atoms with Gasteiger partial charge < -0.3 is 10.3 Å². The van der Waals surface area contributed by atoms with Crippen molar-refractivity contribution < 1.29 is 9.18 Å². The molecule has 0 bridgehead atoms. The summed E-state index contributed by atoms with van der Waals surface area (Å²) >= 11 is -1.04. The molecule has 0 aliphatic rings. The fraction of sp³-hybridized carbons (Fsp3) is 0.231. The molecule has 0 spiro atoms. The van der Waals surface area contributed by atoms with Crippen LogP contribution in [0.5, 0.6) is 0 Å². The molecule has 0 saturated heterocycles. The first-order valence-corrected chi connectivity index (χ1v) is 7.77. The lowest BCUT2D eigenvalue weighted by atomic mass is 10.1.